The SMILES string of the molecule is O=C(c1ccc(Br)o1)N1CCC([C@H](O)c2ccccc2)CC1. The Balaban J connectivity index is 1.59. The Morgan fingerprint density at radius 1 is 1.18 bits per heavy atom. The van der Waals surface area contributed by atoms with Gasteiger partial charge >= 0.3 is 0 Å². The van der Waals surface area contributed by atoms with Crippen LogP contribution in [0.5, 0.6) is 0 Å². The Bertz CT molecular complexity index is 632. The standard InChI is InChI=1S/C17H18BrNO3/c18-15-7-6-14(22-15)17(21)19-10-8-13(9-11-19)16(20)12-4-2-1-3-5-12/h1-7,13,16,20H,8-11H2/t16-/m1/s1. The number of aliphatic hydroxyl groups excluding tert-OH is 1. The van der Waals surface area contributed by atoms with Gasteiger partial charge in [0.05, 0.1) is 6.10 Å². The molecule has 5 heteroatoms. The molecule has 22 heavy (non-hydrogen) atoms. The fourth-order valence-corrected chi connectivity index (χ4v) is 3.23. The Hall–Kier alpha value is -1.59. The van der Waals surface area contributed by atoms with Crippen LogP contribution in [0, 0.1) is 5.92 Å². The van der Waals surface area contributed by atoms with E-state index in [1.807, 2.05) is 30.3 Å². The molecular weight excluding hydrogens is 346 g/mol. The number of carbonyl (C=O) groups excluding carboxylic acids is 1. The summed E-state index contributed by atoms with van der Waals surface area (Å²) < 4.78 is 5.88. The third kappa shape index (κ3) is 3.25. The molecule has 1 saturated heterocycles. The zero-order valence-electron chi connectivity index (χ0n) is 12.1. The number of likely N-dealkylation sites (tertiary alicyclic amines) is 1. The number of hydrogen-bond donors (Lipinski definition) is 1. The van der Waals surface area contributed by atoms with Crippen LogP contribution in [-0.4, -0.2) is 29.0 Å². The number of carbonyl (C=O) groups is 1. The summed E-state index contributed by atoms with van der Waals surface area (Å²) in [6.07, 6.45) is 1.13. The maximum absolute atomic E-state index is 12.3. The van der Waals surface area contributed by atoms with Gasteiger partial charge < -0.3 is 14.4 Å². The van der Waals surface area contributed by atoms with Crippen LogP contribution in [-0.2, 0) is 0 Å². The first-order chi connectivity index (χ1) is 10.6. The lowest BCUT2D eigenvalue weighted by Crippen LogP contribution is -2.39. The highest BCUT2D eigenvalue weighted by Crippen LogP contribution is 2.31. The van der Waals surface area contributed by atoms with Crippen LogP contribution in [0.15, 0.2) is 51.6 Å². The van der Waals surface area contributed by atoms with Crippen LogP contribution in [0.25, 0.3) is 0 Å². The van der Waals surface area contributed by atoms with Gasteiger partial charge in [-0.25, -0.2) is 0 Å². The molecule has 0 bridgehead atoms. The Morgan fingerprint density at radius 2 is 1.86 bits per heavy atom. The number of halogens is 1. The van der Waals surface area contributed by atoms with E-state index >= 15 is 0 Å². The number of piperidine rings is 1. The fourth-order valence-electron chi connectivity index (χ4n) is 2.93. The molecule has 2 aromatic rings. The van der Waals surface area contributed by atoms with E-state index in [4.69, 9.17) is 4.42 Å². The van der Waals surface area contributed by atoms with Crippen molar-refractivity contribution in [1.82, 2.24) is 4.90 Å². The molecule has 116 valence electrons. The Morgan fingerprint density at radius 3 is 2.45 bits per heavy atom. The molecule has 2 heterocycles. The van der Waals surface area contributed by atoms with Gasteiger partial charge in [-0.1, -0.05) is 30.3 Å². The van der Waals surface area contributed by atoms with Gasteiger partial charge in [0.25, 0.3) is 5.91 Å². The van der Waals surface area contributed by atoms with Crippen LogP contribution in [0.1, 0.15) is 35.1 Å². The predicted octanol–water partition coefficient (Wildman–Crippen LogP) is 3.63. The minimum atomic E-state index is -0.462. The number of benzene rings is 1. The summed E-state index contributed by atoms with van der Waals surface area (Å²) in [5.41, 5.74) is 0.947. The molecule has 1 aromatic carbocycles. The van der Waals surface area contributed by atoms with Crippen LogP contribution in [0.2, 0.25) is 0 Å². The van der Waals surface area contributed by atoms with Gasteiger partial charge in [0, 0.05) is 13.1 Å². The second-order valence-electron chi connectivity index (χ2n) is 5.59. The third-order valence-electron chi connectivity index (χ3n) is 4.20. The zero-order chi connectivity index (χ0) is 15.5. The van der Waals surface area contributed by atoms with E-state index < -0.39 is 6.10 Å². The Kier molecular flexibility index (Phi) is 4.64. The van der Waals surface area contributed by atoms with Gasteiger partial charge in [0.1, 0.15) is 0 Å². The second-order valence-corrected chi connectivity index (χ2v) is 6.37. The number of rotatable bonds is 3. The Labute approximate surface area is 137 Å². The molecule has 0 unspecified atom stereocenters. The highest BCUT2D eigenvalue weighted by atomic mass is 79.9. The van der Waals surface area contributed by atoms with E-state index in [1.165, 1.54) is 0 Å². The van der Waals surface area contributed by atoms with Gasteiger partial charge in [-0.15, -0.1) is 0 Å². The summed E-state index contributed by atoms with van der Waals surface area (Å²) in [6, 6.07) is 13.1. The number of furan rings is 1. The molecule has 0 saturated carbocycles. The van der Waals surface area contributed by atoms with Gasteiger partial charge in [-0.05, 0) is 52.4 Å². The molecule has 1 amide bonds. The van der Waals surface area contributed by atoms with Gasteiger partial charge in [-0.2, -0.15) is 0 Å². The smallest absolute Gasteiger partial charge is 0.289 e. The average molecular weight is 364 g/mol. The van der Waals surface area contributed by atoms with Gasteiger partial charge in [0.2, 0.25) is 0 Å². The van der Waals surface area contributed by atoms with Crippen molar-refractivity contribution in [2.75, 3.05) is 13.1 Å². The first-order valence-corrected chi connectivity index (χ1v) is 8.22. The maximum atomic E-state index is 12.3. The van der Waals surface area contributed by atoms with Crippen molar-refractivity contribution in [3.05, 3.63) is 58.5 Å². The maximum Gasteiger partial charge on any atom is 0.289 e. The van der Waals surface area contributed by atoms with Crippen molar-refractivity contribution >= 4 is 21.8 Å². The van der Waals surface area contributed by atoms with E-state index in [2.05, 4.69) is 15.9 Å². The summed E-state index contributed by atoms with van der Waals surface area (Å²) in [4.78, 5) is 14.1. The number of amides is 1. The monoisotopic (exact) mass is 363 g/mol. The fraction of sp³-hybridized carbons (Fsp3) is 0.353. The zero-order valence-corrected chi connectivity index (χ0v) is 13.7. The quantitative estimate of drug-likeness (QED) is 0.905. The third-order valence-corrected chi connectivity index (χ3v) is 4.62. The average Bonchev–Trinajstić information content (AvgIpc) is 3.01. The molecule has 1 N–H and O–H groups in total. The molecule has 3 rings (SSSR count). The summed E-state index contributed by atoms with van der Waals surface area (Å²) >= 11 is 3.21. The highest BCUT2D eigenvalue weighted by molar-refractivity contribution is 9.10. The van der Waals surface area contributed by atoms with E-state index in [1.54, 1.807) is 17.0 Å². The largest absolute Gasteiger partial charge is 0.444 e. The molecule has 0 radical (unpaired) electrons. The van der Waals surface area contributed by atoms with Crippen molar-refractivity contribution in [2.24, 2.45) is 5.92 Å². The van der Waals surface area contributed by atoms with Crippen molar-refractivity contribution in [3.8, 4) is 0 Å². The van der Waals surface area contributed by atoms with Crippen LogP contribution in [0.4, 0.5) is 0 Å². The minimum absolute atomic E-state index is 0.0849. The second kappa shape index (κ2) is 6.67. The highest BCUT2D eigenvalue weighted by Gasteiger charge is 2.29. The number of nitrogens with zero attached hydrogens (tertiary/aromatic N) is 1. The summed E-state index contributed by atoms with van der Waals surface area (Å²) in [5, 5.41) is 10.5. The molecule has 1 aliphatic rings. The van der Waals surface area contributed by atoms with Gasteiger partial charge in [-0.3, -0.25) is 4.79 Å². The lowest BCUT2D eigenvalue weighted by molar-refractivity contribution is 0.0442. The number of aliphatic hydroxyl groups is 1. The van der Waals surface area contributed by atoms with Crippen LogP contribution < -0.4 is 0 Å². The molecule has 0 aliphatic carbocycles. The number of hydrogen-bond acceptors (Lipinski definition) is 3. The predicted molar refractivity (Wildman–Crippen MR) is 86.4 cm³/mol. The molecule has 1 fully saturated rings. The molecule has 0 spiro atoms. The van der Waals surface area contributed by atoms with Gasteiger partial charge in [0.15, 0.2) is 10.4 Å². The summed E-state index contributed by atoms with van der Waals surface area (Å²) in [7, 11) is 0. The van der Waals surface area contributed by atoms with Crippen LogP contribution >= 0.6 is 15.9 Å². The lowest BCUT2D eigenvalue weighted by Gasteiger charge is -2.34. The summed E-state index contributed by atoms with van der Waals surface area (Å²) in [5.74, 6) is 0.460. The van der Waals surface area contributed by atoms with Crippen molar-refractivity contribution in [3.63, 3.8) is 0 Å². The first-order valence-electron chi connectivity index (χ1n) is 7.43. The van der Waals surface area contributed by atoms with Crippen molar-refractivity contribution in [1.29, 1.82) is 0 Å². The lowest BCUT2D eigenvalue weighted by atomic mass is 9.87. The topological polar surface area (TPSA) is 53.7 Å². The first kappa shape index (κ1) is 15.3. The van der Waals surface area contributed by atoms with E-state index in [-0.39, 0.29) is 11.8 Å². The molecule has 4 nitrogen and oxygen atoms in total. The molecule has 1 aromatic heterocycles. The van der Waals surface area contributed by atoms with Crippen molar-refractivity contribution < 1.29 is 14.3 Å². The van der Waals surface area contributed by atoms with Crippen LogP contribution in [0.3, 0.4) is 0 Å². The van der Waals surface area contributed by atoms with E-state index in [9.17, 15) is 9.90 Å². The minimum Gasteiger partial charge on any atom is -0.444 e. The normalized spacial score (nSPS) is 17.5. The molecule has 1 atom stereocenters. The summed E-state index contributed by atoms with van der Waals surface area (Å²) in [6.45, 7) is 1.29. The molecule has 1 aliphatic heterocycles. The van der Waals surface area contributed by atoms with E-state index in [0.717, 1.165) is 18.4 Å². The molecular formula is C17H18BrNO3. The van der Waals surface area contributed by atoms with Crippen molar-refractivity contribution in [2.45, 2.75) is 18.9 Å². The van der Waals surface area contributed by atoms with E-state index in [0.29, 0.717) is 23.5 Å².